The van der Waals surface area contributed by atoms with Crippen LogP contribution >= 0.6 is 0 Å². The fraction of sp³-hybridized carbons (Fsp3) is 0.375. The van der Waals surface area contributed by atoms with Crippen LogP contribution in [0.4, 0.5) is 13.2 Å². The van der Waals surface area contributed by atoms with E-state index in [-0.39, 0.29) is 18.3 Å². The van der Waals surface area contributed by atoms with Crippen molar-refractivity contribution < 1.29 is 18.0 Å². The molecule has 1 amide bonds. The highest BCUT2D eigenvalue weighted by Crippen LogP contribution is 2.34. The number of hydrogen-bond donors (Lipinski definition) is 2. The third-order valence-electron chi connectivity index (χ3n) is 3.69. The molecule has 0 aliphatic carbocycles. The van der Waals surface area contributed by atoms with E-state index >= 15 is 0 Å². The van der Waals surface area contributed by atoms with Crippen molar-refractivity contribution in [1.29, 1.82) is 0 Å². The lowest BCUT2D eigenvalue weighted by Gasteiger charge is -2.15. The number of nitrogens with zero attached hydrogens (tertiary/aromatic N) is 2. The van der Waals surface area contributed by atoms with Gasteiger partial charge in [0.15, 0.2) is 5.69 Å². The lowest BCUT2D eigenvalue weighted by Crippen LogP contribution is -2.37. The zero-order chi connectivity index (χ0) is 17.9. The lowest BCUT2D eigenvalue weighted by atomic mass is 10.1. The van der Waals surface area contributed by atoms with Gasteiger partial charge in [-0.3, -0.25) is 4.79 Å². The summed E-state index contributed by atoms with van der Waals surface area (Å²) in [6.45, 7) is 3.70. The minimum Gasteiger partial charge on any atom is -0.350 e. The Labute approximate surface area is 137 Å². The number of halogens is 3. The first kappa shape index (κ1) is 18.0. The molecule has 2 aromatic rings. The molecule has 8 heteroatoms. The SMILES string of the molecule is CNC(C)CNC(=O)c1cnn(-c2ccccc2C)c1C(F)(F)F. The standard InChI is InChI=1S/C16H19F3N4O/c1-10-6-4-5-7-13(10)23-14(16(17,18)19)12(9-22-23)15(24)21-8-11(2)20-3/h4-7,9,11,20H,8H2,1-3H3,(H,21,24). The van der Waals surface area contributed by atoms with Gasteiger partial charge >= 0.3 is 6.18 Å². The van der Waals surface area contributed by atoms with E-state index in [9.17, 15) is 18.0 Å². The third kappa shape index (κ3) is 3.76. The van der Waals surface area contributed by atoms with Crippen molar-refractivity contribution in [2.24, 2.45) is 0 Å². The van der Waals surface area contributed by atoms with Crippen LogP contribution in [0, 0.1) is 6.92 Å². The molecule has 0 aliphatic rings. The van der Waals surface area contributed by atoms with Crippen molar-refractivity contribution in [3.05, 3.63) is 47.3 Å². The van der Waals surface area contributed by atoms with Gasteiger partial charge in [-0.25, -0.2) is 4.68 Å². The van der Waals surface area contributed by atoms with Crippen LogP contribution in [0.1, 0.15) is 28.5 Å². The van der Waals surface area contributed by atoms with Crippen LogP contribution in [-0.2, 0) is 6.18 Å². The van der Waals surface area contributed by atoms with Gasteiger partial charge in [-0.15, -0.1) is 0 Å². The third-order valence-corrected chi connectivity index (χ3v) is 3.69. The number of likely N-dealkylation sites (N-methyl/N-ethyl adjacent to an activating group) is 1. The molecule has 0 fully saturated rings. The molecule has 0 bridgehead atoms. The Morgan fingerprint density at radius 3 is 2.58 bits per heavy atom. The van der Waals surface area contributed by atoms with E-state index in [0.29, 0.717) is 5.56 Å². The Morgan fingerprint density at radius 2 is 2.00 bits per heavy atom. The van der Waals surface area contributed by atoms with E-state index in [1.54, 1.807) is 32.2 Å². The van der Waals surface area contributed by atoms with Crippen molar-refractivity contribution in [2.45, 2.75) is 26.1 Å². The Hall–Kier alpha value is -2.35. The number of amides is 1. The van der Waals surface area contributed by atoms with Gasteiger partial charge < -0.3 is 10.6 Å². The molecule has 24 heavy (non-hydrogen) atoms. The molecular formula is C16H19F3N4O. The van der Waals surface area contributed by atoms with Crippen LogP contribution in [0.2, 0.25) is 0 Å². The van der Waals surface area contributed by atoms with Crippen molar-refractivity contribution >= 4 is 5.91 Å². The van der Waals surface area contributed by atoms with Crippen LogP contribution in [0.3, 0.4) is 0 Å². The molecule has 0 saturated heterocycles. The van der Waals surface area contributed by atoms with Gasteiger partial charge in [-0.1, -0.05) is 18.2 Å². The normalized spacial score (nSPS) is 12.9. The molecular weight excluding hydrogens is 321 g/mol. The summed E-state index contributed by atoms with van der Waals surface area (Å²) in [6.07, 6.45) is -3.76. The highest BCUT2D eigenvalue weighted by molar-refractivity contribution is 5.95. The summed E-state index contributed by atoms with van der Waals surface area (Å²) in [5.41, 5.74) is -0.658. The van der Waals surface area contributed by atoms with Crippen LogP contribution in [0.15, 0.2) is 30.5 Å². The largest absolute Gasteiger partial charge is 0.434 e. The predicted octanol–water partition coefficient (Wildman–Crippen LogP) is 2.54. The number of rotatable bonds is 5. The summed E-state index contributed by atoms with van der Waals surface area (Å²) < 4.78 is 41.4. The number of para-hydroxylation sites is 1. The topological polar surface area (TPSA) is 58.9 Å². The summed E-state index contributed by atoms with van der Waals surface area (Å²) in [5, 5.41) is 9.19. The van der Waals surface area contributed by atoms with E-state index in [4.69, 9.17) is 0 Å². The van der Waals surface area contributed by atoms with Gasteiger partial charge in [0, 0.05) is 12.6 Å². The van der Waals surface area contributed by atoms with Crippen molar-refractivity contribution in [3.63, 3.8) is 0 Å². The fourth-order valence-electron chi connectivity index (χ4n) is 2.21. The minimum atomic E-state index is -4.71. The average molecular weight is 340 g/mol. The van der Waals surface area contributed by atoms with Crippen molar-refractivity contribution in [2.75, 3.05) is 13.6 Å². The van der Waals surface area contributed by atoms with Crippen LogP contribution < -0.4 is 10.6 Å². The number of carbonyl (C=O) groups is 1. The fourth-order valence-corrected chi connectivity index (χ4v) is 2.21. The molecule has 1 heterocycles. The second-order valence-corrected chi connectivity index (χ2v) is 5.50. The molecule has 1 aromatic carbocycles. The minimum absolute atomic E-state index is 0.0605. The van der Waals surface area contributed by atoms with E-state index in [1.165, 1.54) is 6.07 Å². The number of alkyl halides is 3. The molecule has 1 atom stereocenters. The number of aromatic nitrogens is 2. The number of benzene rings is 1. The van der Waals surface area contributed by atoms with Crippen LogP contribution in [-0.4, -0.2) is 35.3 Å². The van der Waals surface area contributed by atoms with Gasteiger partial charge in [0.1, 0.15) is 0 Å². The van der Waals surface area contributed by atoms with Gasteiger partial charge in [-0.05, 0) is 32.5 Å². The number of carbonyl (C=O) groups excluding carboxylic acids is 1. The molecule has 2 rings (SSSR count). The smallest absolute Gasteiger partial charge is 0.350 e. The summed E-state index contributed by atoms with van der Waals surface area (Å²) >= 11 is 0. The maximum atomic E-state index is 13.5. The number of hydrogen-bond acceptors (Lipinski definition) is 3. The van der Waals surface area contributed by atoms with Crippen molar-refractivity contribution in [3.8, 4) is 5.69 Å². The molecule has 0 radical (unpaired) electrons. The maximum absolute atomic E-state index is 13.5. The van der Waals surface area contributed by atoms with E-state index in [2.05, 4.69) is 15.7 Å². The summed E-state index contributed by atoms with van der Waals surface area (Å²) in [5.74, 6) is -0.802. The maximum Gasteiger partial charge on any atom is 0.434 e. The van der Waals surface area contributed by atoms with Crippen molar-refractivity contribution in [1.82, 2.24) is 20.4 Å². The Balaban J connectivity index is 2.44. The average Bonchev–Trinajstić information content (AvgIpc) is 2.97. The zero-order valence-electron chi connectivity index (χ0n) is 13.6. The first-order valence-corrected chi connectivity index (χ1v) is 7.42. The molecule has 130 valence electrons. The predicted molar refractivity (Wildman–Crippen MR) is 84.2 cm³/mol. The molecule has 0 saturated carbocycles. The second-order valence-electron chi connectivity index (χ2n) is 5.50. The summed E-state index contributed by atoms with van der Waals surface area (Å²) in [4.78, 5) is 12.2. The second kappa shape index (κ2) is 7.04. The quantitative estimate of drug-likeness (QED) is 0.879. The Bertz CT molecular complexity index is 724. The Kier molecular flexibility index (Phi) is 5.28. The molecule has 1 unspecified atom stereocenters. The molecule has 0 spiro atoms. The molecule has 2 N–H and O–H groups in total. The van der Waals surface area contributed by atoms with E-state index < -0.39 is 23.3 Å². The molecule has 1 aromatic heterocycles. The zero-order valence-corrected chi connectivity index (χ0v) is 13.6. The van der Waals surface area contributed by atoms with E-state index in [0.717, 1.165) is 10.9 Å². The number of aryl methyl sites for hydroxylation is 1. The van der Waals surface area contributed by atoms with Gasteiger partial charge in [0.25, 0.3) is 5.91 Å². The summed E-state index contributed by atoms with van der Waals surface area (Å²) in [7, 11) is 1.70. The van der Waals surface area contributed by atoms with Crippen LogP contribution in [0.25, 0.3) is 5.69 Å². The Morgan fingerprint density at radius 1 is 1.33 bits per heavy atom. The highest BCUT2D eigenvalue weighted by atomic mass is 19.4. The lowest BCUT2D eigenvalue weighted by molar-refractivity contribution is -0.143. The molecule has 5 nitrogen and oxygen atoms in total. The van der Waals surface area contributed by atoms with E-state index in [1.807, 2.05) is 6.92 Å². The molecule has 0 aliphatic heterocycles. The van der Waals surface area contributed by atoms with Gasteiger partial charge in [0.2, 0.25) is 0 Å². The highest BCUT2D eigenvalue weighted by Gasteiger charge is 2.40. The van der Waals surface area contributed by atoms with Gasteiger partial charge in [-0.2, -0.15) is 18.3 Å². The van der Waals surface area contributed by atoms with Gasteiger partial charge in [0.05, 0.1) is 17.4 Å². The monoisotopic (exact) mass is 340 g/mol. The first-order chi connectivity index (χ1) is 11.3. The first-order valence-electron chi connectivity index (χ1n) is 7.42. The summed E-state index contributed by atoms with van der Waals surface area (Å²) in [6, 6.07) is 6.50. The van der Waals surface area contributed by atoms with Crippen LogP contribution in [0.5, 0.6) is 0 Å². The number of nitrogens with one attached hydrogen (secondary N) is 2.